The SMILES string of the molecule is COc1c(O[C@@H]2O[C@@H](C)[C@H](O)C(OC(C)=O)C2O)cc2oc(-c3ccc(O)cc3)c(O[C@@H]3OC(C)[C@H](O)C(OC(C)=O)[C@@H]3O)c(=O)c2c1O. The minimum atomic E-state index is -1.80. The van der Waals surface area contributed by atoms with Crippen LogP contribution in [0.15, 0.2) is 39.5 Å². The van der Waals surface area contributed by atoms with Crippen molar-refractivity contribution in [3.8, 4) is 40.1 Å². The fraction of sp³-hybridized carbons (Fsp3) is 0.469. The Balaban J connectivity index is 1.62. The van der Waals surface area contributed by atoms with E-state index in [-0.39, 0.29) is 28.4 Å². The number of ether oxygens (including phenoxy) is 7. The summed E-state index contributed by atoms with van der Waals surface area (Å²) >= 11 is 0. The van der Waals surface area contributed by atoms with E-state index in [1.807, 2.05) is 0 Å². The van der Waals surface area contributed by atoms with Crippen molar-refractivity contribution in [1.29, 1.82) is 0 Å². The van der Waals surface area contributed by atoms with E-state index < -0.39 is 101 Å². The number of esters is 2. The normalized spacial score (nSPS) is 30.0. The van der Waals surface area contributed by atoms with Crippen LogP contribution in [0, 0.1) is 0 Å². The van der Waals surface area contributed by atoms with Gasteiger partial charge in [-0.1, -0.05) is 0 Å². The quantitative estimate of drug-likeness (QED) is 0.175. The van der Waals surface area contributed by atoms with Crippen molar-refractivity contribution in [1.82, 2.24) is 0 Å². The van der Waals surface area contributed by atoms with Crippen LogP contribution in [0.25, 0.3) is 22.3 Å². The lowest BCUT2D eigenvalue weighted by atomic mass is 9.99. The Morgan fingerprint density at radius 3 is 1.76 bits per heavy atom. The Morgan fingerprint density at radius 1 is 0.755 bits per heavy atom. The van der Waals surface area contributed by atoms with Crippen LogP contribution < -0.4 is 19.6 Å². The van der Waals surface area contributed by atoms with Crippen LogP contribution in [0.3, 0.4) is 0 Å². The van der Waals surface area contributed by atoms with Crippen LogP contribution in [0.1, 0.15) is 27.7 Å². The van der Waals surface area contributed by atoms with Gasteiger partial charge in [0.15, 0.2) is 41.7 Å². The molecule has 49 heavy (non-hydrogen) atoms. The molecule has 2 aliphatic heterocycles. The Bertz CT molecular complexity index is 1750. The summed E-state index contributed by atoms with van der Waals surface area (Å²) in [6.45, 7) is 5.04. The molecular weight excluding hydrogens is 656 g/mol. The van der Waals surface area contributed by atoms with Gasteiger partial charge in [0, 0.05) is 25.5 Å². The van der Waals surface area contributed by atoms with Crippen molar-refractivity contribution in [2.75, 3.05) is 7.11 Å². The van der Waals surface area contributed by atoms with Gasteiger partial charge >= 0.3 is 11.9 Å². The number of benzene rings is 2. The van der Waals surface area contributed by atoms with E-state index >= 15 is 0 Å². The summed E-state index contributed by atoms with van der Waals surface area (Å²) in [5.41, 5.74) is -1.11. The van der Waals surface area contributed by atoms with Gasteiger partial charge in [0.25, 0.3) is 0 Å². The second-order valence-electron chi connectivity index (χ2n) is 11.5. The van der Waals surface area contributed by atoms with Gasteiger partial charge in [-0.25, -0.2) is 0 Å². The fourth-order valence-corrected chi connectivity index (χ4v) is 5.56. The number of phenolic OH excluding ortho intramolecular Hbond substituents is 2. The fourth-order valence-electron chi connectivity index (χ4n) is 5.56. The maximum atomic E-state index is 14.1. The summed E-state index contributed by atoms with van der Waals surface area (Å²) in [6.07, 6.45) is -14.6. The Morgan fingerprint density at radius 2 is 1.27 bits per heavy atom. The lowest BCUT2D eigenvalue weighted by Gasteiger charge is -2.40. The summed E-state index contributed by atoms with van der Waals surface area (Å²) in [7, 11) is 1.15. The maximum Gasteiger partial charge on any atom is 0.303 e. The standard InChI is InChI=1S/C32H36O17/c1-11-20(36)28(45-13(3)33)24(40)31(43-11)48-18-10-17-19(22(38)27(18)42-5)23(39)30(26(47-17)15-6-8-16(35)9-7-15)49-32-25(41)29(46-14(4)34)21(37)12(2)44-32/h6-12,20-21,24-25,28-29,31-32,35-38,40-41H,1-5H3/t11-,12?,20-,21-,24?,25-,28?,29?,31-,32-/m0/s1. The molecule has 2 saturated heterocycles. The van der Waals surface area contributed by atoms with Gasteiger partial charge in [0.05, 0.1) is 19.3 Å². The number of carbonyl (C=O) groups excluding carboxylic acids is 2. The van der Waals surface area contributed by atoms with E-state index in [0.717, 1.165) is 27.0 Å². The number of fused-ring (bicyclic) bond motifs is 1. The molecule has 1 aromatic heterocycles. The predicted octanol–water partition coefficient (Wildman–Crippen LogP) is 0.434. The zero-order valence-electron chi connectivity index (χ0n) is 26.8. The number of aromatic hydroxyl groups is 2. The Labute approximate surface area is 277 Å². The molecule has 0 saturated carbocycles. The maximum absolute atomic E-state index is 14.1. The van der Waals surface area contributed by atoms with Gasteiger partial charge in [-0.15, -0.1) is 0 Å². The molecule has 266 valence electrons. The largest absolute Gasteiger partial charge is 0.508 e. The highest BCUT2D eigenvalue weighted by atomic mass is 16.7. The van der Waals surface area contributed by atoms with Gasteiger partial charge < -0.3 is 68.2 Å². The van der Waals surface area contributed by atoms with Crippen LogP contribution in [0.5, 0.6) is 28.7 Å². The third-order valence-corrected chi connectivity index (χ3v) is 8.01. The number of rotatable bonds is 8. The third-order valence-electron chi connectivity index (χ3n) is 8.01. The van der Waals surface area contributed by atoms with Crippen LogP contribution in [-0.2, 0) is 28.5 Å². The van der Waals surface area contributed by atoms with Crippen molar-refractivity contribution in [2.24, 2.45) is 0 Å². The second kappa shape index (κ2) is 14.1. The van der Waals surface area contributed by atoms with Gasteiger partial charge in [-0.2, -0.15) is 0 Å². The molecule has 0 aliphatic carbocycles. The van der Waals surface area contributed by atoms with Crippen molar-refractivity contribution < 1.29 is 77.8 Å². The Kier molecular flexibility index (Phi) is 10.2. The topological polar surface area (TPSA) is 250 Å². The van der Waals surface area contributed by atoms with Gasteiger partial charge in [-0.3, -0.25) is 14.4 Å². The number of hydrogen-bond donors (Lipinski definition) is 6. The molecule has 2 aliphatic rings. The average Bonchev–Trinajstić information content (AvgIpc) is 3.04. The van der Waals surface area contributed by atoms with Gasteiger partial charge in [0.2, 0.25) is 29.5 Å². The lowest BCUT2D eigenvalue weighted by molar-refractivity contribution is -0.272. The summed E-state index contributed by atoms with van der Waals surface area (Å²) in [5.74, 6) is -4.08. The zero-order chi connectivity index (χ0) is 35.9. The highest BCUT2D eigenvalue weighted by Crippen LogP contribution is 2.45. The molecule has 3 heterocycles. The first-order valence-electron chi connectivity index (χ1n) is 15.0. The van der Waals surface area contributed by atoms with Crippen LogP contribution >= 0.6 is 0 Å². The molecule has 4 unspecified atom stereocenters. The van der Waals surface area contributed by atoms with E-state index in [1.165, 1.54) is 38.1 Å². The molecule has 6 N–H and O–H groups in total. The summed E-state index contributed by atoms with van der Waals surface area (Å²) in [4.78, 5) is 37.5. The first-order chi connectivity index (χ1) is 23.1. The second-order valence-corrected chi connectivity index (χ2v) is 11.5. The number of methoxy groups -OCH3 is 1. The van der Waals surface area contributed by atoms with Crippen molar-refractivity contribution in [3.05, 3.63) is 40.6 Å². The van der Waals surface area contributed by atoms with E-state index in [0.29, 0.717) is 0 Å². The molecule has 10 atom stereocenters. The van der Waals surface area contributed by atoms with Gasteiger partial charge in [-0.05, 0) is 38.1 Å². The van der Waals surface area contributed by atoms with Crippen molar-refractivity contribution >= 4 is 22.9 Å². The van der Waals surface area contributed by atoms with E-state index in [2.05, 4.69) is 0 Å². The molecule has 3 aromatic rings. The highest BCUT2D eigenvalue weighted by molar-refractivity contribution is 5.91. The summed E-state index contributed by atoms with van der Waals surface area (Å²) in [5, 5.41) is 63.5. The number of phenols is 2. The molecule has 0 bridgehead atoms. The summed E-state index contributed by atoms with van der Waals surface area (Å²) < 4.78 is 44.5. The molecule has 0 amide bonds. The first-order valence-corrected chi connectivity index (χ1v) is 15.0. The minimum Gasteiger partial charge on any atom is -0.508 e. The first kappa shape index (κ1) is 35.7. The number of carbonyl (C=O) groups is 2. The van der Waals surface area contributed by atoms with E-state index in [4.69, 9.17) is 37.6 Å². The van der Waals surface area contributed by atoms with Crippen molar-refractivity contribution in [3.63, 3.8) is 0 Å². The smallest absolute Gasteiger partial charge is 0.303 e. The van der Waals surface area contributed by atoms with Crippen LogP contribution in [-0.4, -0.2) is 111 Å². The Hall–Kier alpha value is -4.65. The van der Waals surface area contributed by atoms with Crippen molar-refractivity contribution in [2.45, 2.75) is 89.1 Å². The predicted molar refractivity (Wildman–Crippen MR) is 163 cm³/mol. The summed E-state index contributed by atoms with van der Waals surface area (Å²) in [6, 6.07) is 6.50. The molecule has 17 nitrogen and oxygen atoms in total. The lowest BCUT2D eigenvalue weighted by Crippen LogP contribution is -2.59. The average molecular weight is 693 g/mol. The zero-order valence-corrected chi connectivity index (χ0v) is 26.8. The van der Waals surface area contributed by atoms with Gasteiger partial charge in [0.1, 0.15) is 28.9 Å². The number of aliphatic hydroxyl groups excluding tert-OH is 4. The number of aliphatic hydroxyl groups is 4. The molecule has 2 aromatic carbocycles. The van der Waals surface area contributed by atoms with Crippen LogP contribution in [0.4, 0.5) is 0 Å². The number of hydrogen-bond acceptors (Lipinski definition) is 17. The molecule has 0 spiro atoms. The monoisotopic (exact) mass is 692 g/mol. The molecule has 0 radical (unpaired) electrons. The highest BCUT2D eigenvalue weighted by Gasteiger charge is 2.48. The van der Waals surface area contributed by atoms with Crippen LogP contribution in [0.2, 0.25) is 0 Å². The van der Waals surface area contributed by atoms with E-state index in [1.54, 1.807) is 0 Å². The molecule has 5 rings (SSSR count). The third kappa shape index (κ3) is 6.94. The molecular formula is C32H36O17. The minimum absolute atomic E-state index is 0.122. The van der Waals surface area contributed by atoms with E-state index in [9.17, 15) is 45.0 Å². The molecule has 17 heteroatoms. The molecule has 2 fully saturated rings.